The van der Waals surface area contributed by atoms with E-state index < -0.39 is 30.5 Å². The van der Waals surface area contributed by atoms with Crippen molar-refractivity contribution in [3.63, 3.8) is 0 Å². The Morgan fingerprint density at radius 1 is 1.45 bits per heavy atom. The Bertz CT molecular complexity index is 667. The van der Waals surface area contributed by atoms with E-state index in [4.69, 9.17) is 16.3 Å². The molecule has 10 heteroatoms. The molecule has 0 fully saturated rings. The van der Waals surface area contributed by atoms with Gasteiger partial charge in [0.15, 0.2) is 6.61 Å². The van der Waals surface area contributed by atoms with Gasteiger partial charge in [0, 0.05) is 0 Å². The number of amides is 1. The highest BCUT2D eigenvalue weighted by Crippen LogP contribution is 2.28. The number of aromatic amines is 1. The number of nitrogens with zero attached hydrogens (tertiary/aromatic N) is 2. The first-order chi connectivity index (χ1) is 10.3. The maximum absolute atomic E-state index is 12.3. The van der Waals surface area contributed by atoms with Gasteiger partial charge in [0.25, 0.3) is 5.91 Å². The fraction of sp³-hybridized carbons (Fsp3) is 0.250. The Hall–Kier alpha value is -2.29. The molecule has 2 N–H and O–H groups in total. The van der Waals surface area contributed by atoms with E-state index in [2.05, 4.69) is 15.4 Å². The van der Waals surface area contributed by atoms with Crippen LogP contribution < -0.4 is 10.1 Å². The van der Waals surface area contributed by atoms with Gasteiger partial charge in [-0.1, -0.05) is 23.7 Å². The third-order valence-electron chi connectivity index (χ3n) is 2.52. The number of H-pyrrole nitrogens is 1. The molecule has 2 rings (SSSR count). The molecule has 22 heavy (non-hydrogen) atoms. The summed E-state index contributed by atoms with van der Waals surface area (Å²) in [4.78, 5) is 14.7. The predicted molar refractivity (Wildman–Crippen MR) is 71.7 cm³/mol. The Balaban J connectivity index is 1.95. The number of ether oxygens (including phenoxy) is 1. The minimum atomic E-state index is -4.67. The summed E-state index contributed by atoms with van der Waals surface area (Å²) < 4.78 is 42.2. The van der Waals surface area contributed by atoms with Crippen molar-refractivity contribution >= 4 is 23.5 Å². The maximum Gasteiger partial charge on any atom is 0.451 e. The molecule has 1 aromatic carbocycles. The lowest BCUT2D eigenvalue weighted by Crippen LogP contribution is -2.21. The summed E-state index contributed by atoms with van der Waals surface area (Å²) in [6.07, 6.45) is -4.67. The van der Waals surface area contributed by atoms with Crippen LogP contribution in [0, 0.1) is 6.92 Å². The molecule has 2 aromatic rings. The van der Waals surface area contributed by atoms with E-state index in [-0.39, 0.29) is 0 Å². The number of aromatic nitrogens is 3. The fourth-order valence-electron chi connectivity index (χ4n) is 1.54. The molecule has 0 saturated heterocycles. The lowest BCUT2D eigenvalue weighted by molar-refractivity contribution is -0.144. The second-order valence-electron chi connectivity index (χ2n) is 4.23. The highest BCUT2D eigenvalue weighted by molar-refractivity contribution is 6.32. The third-order valence-corrected chi connectivity index (χ3v) is 2.81. The molecule has 1 amide bonds. The molecular formula is C12H10ClF3N4O2. The molecule has 0 aliphatic heterocycles. The molecule has 0 spiro atoms. The van der Waals surface area contributed by atoms with Crippen molar-refractivity contribution in [1.29, 1.82) is 0 Å². The van der Waals surface area contributed by atoms with Gasteiger partial charge in [-0.05, 0) is 18.6 Å². The fourth-order valence-corrected chi connectivity index (χ4v) is 1.82. The van der Waals surface area contributed by atoms with Gasteiger partial charge in [0.2, 0.25) is 11.8 Å². The van der Waals surface area contributed by atoms with Crippen LogP contribution in [0.1, 0.15) is 11.4 Å². The Morgan fingerprint density at radius 3 is 2.77 bits per heavy atom. The van der Waals surface area contributed by atoms with Gasteiger partial charge < -0.3 is 4.74 Å². The highest BCUT2D eigenvalue weighted by atomic mass is 35.5. The lowest BCUT2D eigenvalue weighted by Gasteiger charge is -2.09. The molecule has 6 nitrogen and oxygen atoms in total. The second-order valence-corrected chi connectivity index (χ2v) is 4.64. The number of carbonyl (C=O) groups excluding carboxylic acids is 1. The average Bonchev–Trinajstić information content (AvgIpc) is 2.86. The topological polar surface area (TPSA) is 79.9 Å². The van der Waals surface area contributed by atoms with E-state index in [9.17, 15) is 18.0 Å². The number of halogens is 4. The number of para-hydroxylation sites is 1. The van der Waals surface area contributed by atoms with Crippen molar-refractivity contribution in [2.24, 2.45) is 0 Å². The number of aryl methyl sites for hydroxylation is 1. The molecule has 0 atom stereocenters. The van der Waals surface area contributed by atoms with Crippen LogP contribution in [-0.2, 0) is 11.0 Å². The first-order valence-corrected chi connectivity index (χ1v) is 6.32. The van der Waals surface area contributed by atoms with E-state index in [0.717, 1.165) is 5.56 Å². The molecule has 0 radical (unpaired) electrons. The van der Waals surface area contributed by atoms with Crippen LogP contribution in [0.3, 0.4) is 0 Å². The van der Waals surface area contributed by atoms with Gasteiger partial charge in [-0.25, -0.2) is 0 Å². The van der Waals surface area contributed by atoms with Crippen molar-refractivity contribution < 1.29 is 22.7 Å². The lowest BCUT2D eigenvalue weighted by atomic mass is 10.2. The van der Waals surface area contributed by atoms with E-state index in [1.54, 1.807) is 30.2 Å². The number of benzene rings is 1. The zero-order valence-electron chi connectivity index (χ0n) is 11.2. The van der Waals surface area contributed by atoms with Crippen molar-refractivity contribution in [2.45, 2.75) is 13.1 Å². The Morgan fingerprint density at radius 2 is 2.18 bits per heavy atom. The average molecular weight is 335 g/mol. The summed E-state index contributed by atoms with van der Waals surface area (Å²) in [5.74, 6) is -2.18. The SMILES string of the molecule is Cc1cccc(Cl)c1OCC(=O)Nc1n[nH]c(C(F)(F)F)n1. The summed E-state index contributed by atoms with van der Waals surface area (Å²) in [6, 6.07) is 5.05. The van der Waals surface area contributed by atoms with Gasteiger partial charge in [-0.2, -0.15) is 18.2 Å². The van der Waals surface area contributed by atoms with E-state index in [0.29, 0.717) is 10.8 Å². The predicted octanol–water partition coefficient (Wildman–Crippen LogP) is 2.80. The largest absolute Gasteiger partial charge is 0.482 e. The van der Waals surface area contributed by atoms with Crippen LogP contribution in [0.4, 0.5) is 19.1 Å². The minimum Gasteiger partial charge on any atom is -0.482 e. The first kappa shape index (κ1) is 16.1. The van der Waals surface area contributed by atoms with E-state index >= 15 is 0 Å². The summed E-state index contributed by atoms with van der Waals surface area (Å²) in [7, 11) is 0. The number of hydrogen-bond acceptors (Lipinski definition) is 4. The highest BCUT2D eigenvalue weighted by Gasteiger charge is 2.35. The summed E-state index contributed by atoms with van der Waals surface area (Å²) in [6.45, 7) is 1.30. The maximum atomic E-state index is 12.3. The number of hydrogen-bond donors (Lipinski definition) is 2. The molecule has 1 heterocycles. The zero-order valence-corrected chi connectivity index (χ0v) is 11.9. The number of nitrogens with one attached hydrogen (secondary N) is 2. The van der Waals surface area contributed by atoms with Crippen molar-refractivity contribution in [2.75, 3.05) is 11.9 Å². The van der Waals surface area contributed by atoms with Gasteiger partial charge in [0.1, 0.15) is 5.75 Å². The van der Waals surface area contributed by atoms with Crippen LogP contribution in [0.25, 0.3) is 0 Å². The van der Waals surface area contributed by atoms with Gasteiger partial charge in [0.05, 0.1) is 5.02 Å². The molecule has 0 aliphatic carbocycles. The Kier molecular flexibility index (Phi) is 4.55. The number of rotatable bonds is 4. The number of carbonyl (C=O) groups is 1. The van der Waals surface area contributed by atoms with Crippen LogP contribution in [0.15, 0.2) is 18.2 Å². The molecule has 118 valence electrons. The Labute approximate surface area is 127 Å². The quantitative estimate of drug-likeness (QED) is 0.901. The molecule has 0 bridgehead atoms. The third kappa shape index (κ3) is 3.88. The van der Waals surface area contributed by atoms with Crippen LogP contribution in [0.2, 0.25) is 5.02 Å². The smallest absolute Gasteiger partial charge is 0.451 e. The van der Waals surface area contributed by atoms with E-state index in [1.165, 1.54) is 0 Å². The first-order valence-electron chi connectivity index (χ1n) is 5.94. The van der Waals surface area contributed by atoms with Crippen molar-refractivity contribution in [3.8, 4) is 5.75 Å². The van der Waals surface area contributed by atoms with Gasteiger partial charge >= 0.3 is 6.18 Å². The monoisotopic (exact) mass is 334 g/mol. The summed E-state index contributed by atoms with van der Waals surface area (Å²) >= 11 is 5.92. The van der Waals surface area contributed by atoms with E-state index in [1.807, 2.05) is 0 Å². The zero-order chi connectivity index (χ0) is 16.3. The van der Waals surface area contributed by atoms with Crippen molar-refractivity contribution in [1.82, 2.24) is 15.2 Å². The normalized spacial score (nSPS) is 11.3. The minimum absolute atomic E-state index is 0.324. The molecule has 0 aliphatic rings. The molecular weight excluding hydrogens is 325 g/mol. The second kappa shape index (κ2) is 6.22. The van der Waals surface area contributed by atoms with Gasteiger partial charge in [-0.15, -0.1) is 5.10 Å². The number of alkyl halides is 3. The summed E-state index contributed by atoms with van der Waals surface area (Å²) in [5, 5.41) is 7.33. The van der Waals surface area contributed by atoms with Crippen molar-refractivity contribution in [3.05, 3.63) is 34.6 Å². The van der Waals surface area contributed by atoms with Crippen LogP contribution >= 0.6 is 11.6 Å². The summed E-state index contributed by atoms with van der Waals surface area (Å²) in [5.41, 5.74) is 0.720. The molecule has 0 unspecified atom stereocenters. The molecule has 0 saturated carbocycles. The van der Waals surface area contributed by atoms with Crippen LogP contribution in [0.5, 0.6) is 5.75 Å². The number of anilines is 1. The van der Waals surface area contributed by atoms with Gasteiger partial charge in [-0.3, -0.25) is 15.2 Å². The molecule has 1 aromatic heterocycles. The standard InChI is InChI=1S/C12H10ClF3N4O2/c1-6-3-2-4-7(13)9(6)22-5-8(21)17-11-18-10(19-20-11)12(14,15)16/h2-4H,5H2,1H3,(H2,17,18,19,20,21). The van der Waals surface area contributed by atoms with Crippen LogP contribution in [-0.4, -0.2) is 27.7 Å².